The number of rotatable bonds is 15. The highest BCUT2D eigenvalue weighted by Crippen LogP contribution is 2.22. The van der Waals surface area contributed by atoms with Gasteiger partial charge >= 0.3 is 0 Å². The van der Waals surface area contributed by atoms with E-state index in [2.05, 4.69) is 79.6 Å². The second kappa shape index (κ2) is 15.2. The van der Waals surface area contributed by atoms with E-state index in [1.807, 2.05) is 0 Å². The molecule has 0 amide bonds. The van der Waals surface area contributed by atoms with Crippen molar-refractivity contribution in [1.82, 2.24) is 5.06 Å². The van der Waals surface area contributed by atoms with Crippen molar-refractivity contribution >= 4 is 6.08 Å². The zero-order valence-electron chi connectivity index (χ0n) is 18.7. The van der Waals surface area contributed by atoms with Crippen LogP contribution in [0, 0.1) is 0 Å². The van der Waals surface area contributed by atoms with Gasteiger partial charge in [0.2, 0.25) is 0 Å². The fourth-order valence-corrected chi connectivity index (χ4v) is 3.73. The van der Waals surface area contributed by atoms with Crippen molar-refractivity contribution in [3.05, 3.63) is 65.8 Å². The van der Waals surface area contributed by atoms with Gasteiger partial charge in [0.05, 0.1) is 12.6 Å². The van der Waals surface area contributed by atoms with E-state index in [-0.39, 0.29) is 6.04 Å². The van der Waals surface area contributed by atoms with Crippen LogP contribution in [0.5, 0.6) is 0 Å². The Kier molecular flexibility index (Phi) is 12.4. The van der Waals surface area contributed by atoms with Gasteiger partial charge in [-0.25, -0.2) is 0 Å². The van der Waals surface area contributed by atoms with Crippen LogP contribution in [0.4, 0.5) is 0 Å². The van der Waals surface area contributed by atoms with E-state index in [1.54, 1.807) is 0 Å². The Hall–Kier alpha value is -1.64. The van der Waals surface area contributed by atoms with Crippen LogP contribution in [-0.4, -0.2) is 24.3 Å². The first-order chi connectivity index (χ1) is 14.3. The number of hydrogen-bond donors (Lipinski definition) is 0. The van der Waals surface area contributed by atoms with Crippen LogP contribution in [-0.2, 0) is 4.84 Å². The Balaban J connectivity index is 1.98. The molecular formula is C27H41NO. The minimum atomic E-state index is 0.196. The zero-order valence-corrected chi connectivity index (χ0v) is 18.7. The minimum absolute atomic E-state index is 0.196. The molecule has 0 N–H and O–H groups in total. The molecule has 29 heavy (non-hydrogen) atoms. The van der Waals surface area contributed by atoms with E-state index >= 15 is 0 Å². The summed E-state index contributed by atoms with van der Waals surface area (Å²) in [5.41, 5.74) is 2.55. The van der Waals surface area contributed by atoms with Gasteiger partial charge < -0.3 is 0 Å². The number of hydrogen-bond acceptors (Lipinski definition) is 2. The Morgan fingerprint density at radius 3 is 2.28 bits per heavy atom. The summed E-state index contributed by atoms with van der Waals surface area (Å²) in [5.74, 6) is 0. The molecule has 2 rings (SSSR count). The predicted octanol–water partition coefficient (Wildman–Crippen LogP) is 7.74. The fraction of sp³-hybridized carbons (Fsp3) is 0.556. The van der Waals surface area contributed by atoms with Gasteiger partial charge in [-0.15, -0.1) is 0 Å². The van der Waals surface area contributed by atoms with Gasteiger partial charge in [0.1, 0.15) is 0 Å². The Morgan fingerprint density at radius 2 is 1.52 bits per heavy atom. The van der Waals surface area contributed by atoms with Crippen LogP contribution in [0.1, 0.15) is 83.6 Å². The molecule has 1 atom stereocenters. The average Bonchev–Trinajstić information content (AvgIpc) is 2.76. The largest absolute Gasteiger partial charge is 0.298 e. The molecule has 2 nitrogen and oxygen atoms in total. The molecule has 0 bridgehead atoms. The summed E-state index contributed by atoms with van der Waals surface area (Å²) < 4.78 is 0. The molecule has 0 radical (unpaired) electrons. The summed E-state index contributed by atoms with van der Waals surface area (Å²) in [6.45, 7) is 6.35. The van der Waals surface area contributed by atoms with Gasteiger partial charge in [0.15, 0.2) is 0 Å². The average molecular weight is 396 g/mol. The summed E-state index contributed by atoms with van der Waals surface area (Å²) in [7, 11) is 0. The van der Waals surface area contributed by atoms with E-state index < -0.39 is 0 Å². The molecule has 0 fully saturated rings. The first-order valence-corrected chi connectivity index (χ1v) is 11.9. The van der Waals surface area contributed by atoms with Crippen molar-refractivity contribution in [1.29, 1.82) is 0 Å². The maximum absolute atomic E-state index is 6.33. The molecule has 1 aliphatic rings. The van der Waals surface area contributed by atoms with Gasteiger partial charge in [0, 0.05) is 6.54 Å². The van der Waals surface area contributed by atoms with E-state index in [0.29, 0.717) is 0 Å². The van der Waals surface area contributed by atoms with Crippen LogP contribution in [0.25, 0.3) is 6.08 Å². The smallest absolute Gasteiger partial charge is 0.0786 e. The lowest BCUT2D eigenvalue weighted by atomic mass is 9.98. The molecule has 0 saturated heterocycles. The van der Waals surface area contributed by atoms with Gasteiger partial charge in [-0.1, -0.05) is 120 Å². The molecule has 1 unspecified atom stereocenters. The number of allylic oxidation sites excluding steroid dienone is 2. The van der Waals surface area contributed by atoms with E-state index in [0.717, 1.165) is 19.6 Å². The molecule has 1 aromatic rings. The number of nitrogens with zero attached hydrogens (tertiary/aromatic N) is 1. The highest BCUT2D eigenvalue weighted by atomic mass is 16.7. The third-order valence-electron chi connectivity index (χ3n) is 5.46. The second-order valence-corrected chi connectivity index (χ2v) is 8.05. The molecule has 160 valence electrons. The van der Waals surface area contributed by atoms with Crippen LogP contribution >= 0.6 is 0 Å². The number of hydroxylamine groups is 2. The third-order valence-corrected chi connectivity index (χ3v) is 5.46. The van der Waals surface area contributed by atoms with Gasteiger partial charge in [-0.05, 0) is 30.1 Å². The van der Waals surface area contributed by atoms with E-state index in [1.165, 1.54) is 68.9 Å². The lowest BCUT2D eigenvalue weighted by Crippen LogP contribution is -2.37. The lowest BCUT2D eigenvalue weighted by molar-refractivity contribution is -0.170. The van der Waals surface area contributed by atoms with Crippen molar-refractivity contribution in [3.63, 3.8) is 0 Å². The molecule has 1 aromatic carbocycles. The van der Waals surface area contributed by atoms with Crippen LogP contribution in [0.3, 0.4) is 0 Å². The van der Waals surface area contributed by atoms with Crippen LogP contribution in [0.2, 0.25) is 0 Å². The quantitative estimate of drug-likeness (QED) is 0.222. The first kappa shape index (κ1) is 23.6. The predicted molar refractivity (Wildman–Crippen MR) is 127 cm³/mol. The Labute approximate surface area is 179 Å². The third kappa shape index (κ3) is 9.60. The summed E-state index contributed by atoms with van der Waals surface area (Å²) >= 11 is 0. The SMILES string of the molecule is CCCCCCCCN(OCCCCCC)C1C=CC=CC1=Cc1ccccc1. The van der Waals surface area contributed by atoms with Crippen molar-refractivity contribution < 1.29 is 4.84 Å². The molecule has 0 saturated carbocycles. The minimum Gasteiger partial charge on any atom is -0.298 e. The Morgan fingerprint density at radius 1 is 0.828 bits per heavy atom. The van der Waals surface area contributed by atoms with E-state index in [4.69, 9.17) is 4.84 Å². The normalized spacial score (nSPS) is 17.5. The molecular weight excluding hydrogens is 354 g/mol. The number of unbranched alkanes of at least 4 members (excludes halogenated alkanes) is 8. The number of benzene rings is 1. The summed E-state index contributed by atoms with van der Waals surface area (Å²) in [5, 5.41) is 2.24. The fourth-order valence-electron chi connectivity index (χ4n) is 3.73. The van der Waals surface area contributed by atoms with Gasteiger partial charge in [-0.2, -0.15) is 5.06 Å². The summed E-state index contributed by atoms with van der Waals surface area (Å²) in [4.78, 5) is 6.33. The summed E-state index contributed by atoms with van der Waals surface area (Å²) in [6.07, 6.45) is 23.9. The molecule has 0 spiro atoms. The molecule has 0 heterocycles. The maximum Gasteiger partial charge on any atom is 0.0786 e. The van der Waals surface area contributed by atoms with Crippen molar-refractivity contribution in [2.24, 2.45) is 0 Å². The molecule has 0 aromatic heterocycles. The lowest BCUT2D eigenvalue weighted by Gasteiger charge is -2.31. The highest BCUT2D eigenvalue weighted by molar-refractivity contribution is 5.59. The van der Waals surface area contributed by atoms with Crippen molar-refractivity contribution in [2.75, 3.05) is 13.2 Å². The zero-order chi connectivity index (χ0) is 20.6. The van der Waals surface area contributed by atoms with Gasteiger partial charge in [-0.3, -0.25) is 4.84 Å². The molecule has 1 aliphatic carbocycles. The monoisotopic (exact) mass is 395 g/mol. The van der Waals surface area contributed by atoms with Gasteiger partial charge in [0.25, 0.3) is 0 Å². The second-order valence-electron chi connectivity index (χ2n) is 8.05. The maximum atomic E-state index is 6.33. The Bertz CT molecular complexity index is 617. The summed E-state index contributed by atoms with van der Waals surface area (Å²) in [6, 6.07) is 10.8. The molecule has 2 heteroatoms. The van der Waals surface area contributed by atoms with Crippen LogP contribution < -0.4 is 0 Å². The van der Waals surface area contributed by atoms with Crippen LogP contribution in [0.15, 0.2) is 60.2 Å². The van der Waals surface area contributed by atoms with Crippen molar-refractivity contribution in [2.45, 2.75) is 84.1 Å². The molecule has 0 aliphatic heterocycles. The van der Waals surface area contributed by atoms with E-state index in [9.17, 15) is 0 Å². The topological polar surface area (TPSA) is 12.5 Å². The first-order valence-electron chi connectivity index (χ1n) is 11.9. The van der Waals surface area contributed by atoms with Crippen molar-refractivity contribution in [3.8, 4) is 0 Å². The standard InChI is InChI=1S/C27H41NO/c1-3-5-7-9-10-16-22-28(29-23-17-8-6-4-2)27-21-15-14-20-26(27)24-25-18-12-11-13-19-25/h11-15,18-21,24,27H,3-10,16-17,22-23H2,1-2H3. The highest BCUT2D eigenvalue weighted by Gasteiger charge is 2.21.